The predicted octanol–water partition coefficient (Wildman–Crippen LogP) is 4.01. The van der Waals surface area contributed by atoms with Gasteiger partial charge in [-0.3, -0.25) is 9.52 Å². The number of aromatic nitrogens is 2. The molecule has 10 heteroatoms. The minimum Gasteiger partial charge on any atom is -0.507 e. The molecule has 4 aromatic rings. The molecular formula is C21H18N4O4S2. The van der Waals surface area contributed by atoms with Gasteiger partial charge in [0.15, 0.2) is 0 Å². The Morgan fingerprint density at radius 1 is 1.03 bits per heavy atom. The summed E-state index contributed by atoms with van der Waals surface area (Å²) in [6.45, 7) is 1.91. The molecule has 1 aromatic heterocycles. The van der Waals surface area contributed by atoms with Gasteiger partial charge in [0, 0.05) is 5.69 Å². The van der Waals surface area contributed by atoms with Gasteiger partial charge in [-0.2, -0.15) is 0 Å². The number of anilines is 2. The molecule has 1 heterocycles. The lowest BCUT2D eigenvalue weighted by molar-refractivity contribution is 0.102. The molecule has 31 heavy (non-hydrogen) atoms. The van der Waals surface area contributed by atoms with Crippen LogP contribution in [0.5, 0.6) is 5.75 Å². The molecule has 3 aromatic carbocycles. The lowest BCUT2D eigenvalue weighted by Gasteiger charge is -2.10. The maximum atomic E-state index is 12.6. The molecule has 0 unspecified atom stereocenters. The maximum absolute atomic E-state index is 12.6. The fourth-order valence-electron chi connectivity index (χ4n) is 2.94. The van der Waals surface area contributed by atoms with Gasteiger partial charge >= 0.3 is 0 Å². The van der Waals surface area contributed by atoms with Crippen molar-refractivity contribution < 1.29 is 18.3 Å². The second-order valence-corrected chi connectivity index (χ2v) is 9.40. The van der Waals surface area contributed by atoms with Crippen molar-refractivity contribution in [3.63, 3.8) is 0 Å². The van der Waals surface area contributed by atoms with Crippen LogP contribution < -0.4 is 10.0 Å². The molecule has 0 radical (unpaired) electrons. The van der Waals surface area contributed by atoms with Crippen LogP contribution >= 0.6 is 11.3 Å². The van der Waals surface area contributed by atoms with E-state index in [0.717, 1.165) is 15.8 Å². The third-order valence-corrected chi connectivity index (χ3v) is 6.99. The van der Waals surface area contributed by atoms with Crippen molar-refractivity contribution in [2.45, 2.75) is 18.2 Å². The fourth-order valence-corrected chi connectivity index (χ4v) is 4.85. The number of phenols is 1. The van der Waals surface area contributed by atoms with Gasteiger partial charge in [-0.05, 0) is 53.6 Å². The Hall–Kier alpha value is -3.50. The number of carbonyl (C=O) groups is 1. The van der Waals surface area contributed by atoms with Gasteiger partial charge < -0.3 is 10.4 Å². The molecule has 3 N–H and O–H groups in total. The monoisotopic (exact) mass is 454 g/mol. The van der Waals surface area contributed by atoms with Crippen LogP contribution in [0.2, 0.25) is 0 Å². The summed E-state index contributed by atoms with van der Waals surface area (Å²) in [5.41, 5.74) is 0.515. The number of benzene rings is 3. The second-order valence-electron chi connectivity index (χ2n) is 6.66. The number of aryl methyl sites for hydroxylation is 1. The van der Waals surface area contributed by atoms with E-state index in [1.54, 1.807) is 6.07 Å². The fraction of sp³-hybridized carbons (Fsp3) is 0.0952. The van der Waals surface area contributed by atoms with Crippen molar-refractivity contribution in [1.29, 1.82) is 0 Å². The molecular weight excluding hydrogens is 436 g/mol. The first-order valence-corrected chi connectivity index (χ1v) is 11.6. The van der Waals surface area contributed by atoms with Crippen molar-refractivity contribution in [2.24, 2.45) is 0 Å². The van der Waals surface area contributed by atoms with E-state index in [-0.39, 0.29) is 21.3 Å². The van der Waals surface area contributed by atoms with Crippen molar-refractivity contribution in [3.05, 3.63) is 71.2 Å². The summed E-state index contributed by atoms with van der Waals surface area (Å²) in [7, 11) is -3.83. The molecule has 0 aliphatic heterocycles. The van der Waals surface area contributed by atoms with Crippen LogP contribution in [0, 0.1) is 0 Å². The van der Waals surface area contributed by atoms with Crippen LogP contribution in [0.1, 0.15) is 22.3 Å². The quantitative estimate of drug-likeness (QED) is 0.405. The average Bonchev–Trinajstić information content (AvgIpc) is 3.20. The smallest absolute Gasteiger partial charge is 0.263 e. The first kappa shape index (κ1) is 20.8. The van der Waals surface area contributed by atoms with Crippen molar-refractivity contribution in [2.75, 3.05) is 10.0 Å². The van der Waals surface area contributed by atoms with Crippen LogP contribution in [0.15, 0.2) is 65.6 Å². The Bertz CT molecular complexity index is 1370. The highest BCUT2D eigenvalue weighted by Crippen LogP contribution is 2.26. The minimum atomic E-state index is -3.83. The number of hydrogen-bond acceptors (Lipinski definition) is 7. The molecule has 0 bridgehead atoms. The van der Waals surface area contributed by atoms with Crippen molar-refractivity contribution in [3.8, 4) is 5.75 Å². The first-order chi connectivity index (χ1) is 14.9. The summed E-state index contributed by atoms with van der Waals surface area (Å²) in [5, 5.41) is 23.1. The Morgan fingerprint density at radius 2 is 1.71 bits per heavy atom. The number of nitrogens with zero attached hydrogens (tertiary/aromatic N) is 2. The molecule has 0 saturated carbocycles. The zero-order valence-corrected chi connectivity index (χ0v) is 18.0. The van der Waals surface area contributed by atoms with E-state index in [0.29, 0.717) is 12.1 Å². The van der Waals surface area contributed by atoms with Gasteiger partial charge in [-0.1, -0.05) is 42.5 Å². The Balaban J connectivity index is 1.50. The summed E-state index contributed by atoms with van der Waals surface area (Å²) in [6.07, 6.45) is 0.667. The first-order valence-electron chi connectivity index (χ1n) is 9.34. The molecule has 0 aliphatic carbocycles. The number of aromatic hydroxyl groups is 1. The van der Waals surface area contributed by atoms with Gasteiger partial charge in [-0.25, -0.2) is 8.42 Å². The average molecular weight is 455 g/mol. The van der Waals surface area contributed by atoms with E-state index in [2.05, 4.69) is 20.2 Å². The van der Waals surface area contributed by atoms with Gasteiger partial charge in [-0.15, -0.1) is 10.2 Å². The summed E-state index contributed by atoms with van der Waals surface area (Å²) >= 11 is 1.17. The normalized spacial score (nSPS) is 11.4. The van der Waals surface area contributed by atoms with E-state index < -0.39 is 15.9 Å². The predicted molar refractivity (Wildman–Crippen MR) is 120 cm³/mol. The highest BCUT2D eigenvalue weighted by atomic mass is 32.2. The lowest BCUT2D eigenvalue weighted by Crippen LogP contribution is -2.14. The number of sulfonamides is 1. The number of nitrogens with one attached hydrogen (secondary N) is 2. The number of hydrogen-bond donors (Lipinski definition) is 3. The molecule has 4 rings (SSSR count). The number of rotatable bonds is 6. The zero-order chi connectivity index (χ0) is 22.0. The van der Waals surface area contributed by atoms with E-state index in [1.807, 2.05) is 31.2 Å². The Kier molecular flexibility index (Phi) is 5.57. The standard InChI is InChI=1S/C21H18N4O4S2/c1-2-19-23-24-21(30-19)25-31(28,29)16-9-7-15(8-10-16)22-20(27)17-11-13-5-3-4-6-14(13)12-18(17)26/h3-12,26H,2H2,1H3,(H,22,27)(H,24,25). The van der Waals surface area contributed by atoms with Crippen LogP contribution in [0.3, 0.4) is 0 Å². The second kappa shape index (κ2) is 8.32. The van der Waals surface area contributed by atoms with Crippen LogP contribution in [-0.2, 0) is 16.4 Å². The molecule has 0 aliphatic rings. The molecule has 1 amide bonds. The lowest BCUT2D eigenvalue weighted by atomic mass is 10.1. The van der Waals surface area contributed by atoms with Crippen molar-refractivity contribution in [1.82, 2.24) is 10.2 Å². The van der Waals surface area contributed by atoms with Gasteiger partial charge in [0.1, 0.15) is 10.8 Å². The number of phenolic OH excluding ortho intramolecular Hbond substituents is 1. The van der Waals surface area contributed by atoms with Crippen molar-refractivity contribution >= 4 is 48.9 Å². The van der Waals surface area contributed by atoms with E-state index in [4.69, 9.17) is 0 Å². The SMILES string of the molecule is CCc1nnc(NS(=O)(=O)c2ccc(NC(=O)c3cc4ccccc4cc3O)cc2)s1. The van der Waals surface area contributed by atoms with Crippen LogP contribution in [-0.4, -0.2) is 29.6 Å². The highest BCUT2D eigenvalue weighted by molar-refractivity contribution is 7.93. The molecule has 8 nitrogen and oxygen atoms in total. The molecule has 0 fully saturated rings. The van der Waals surface area contributed by atoms with E-state index in [1.165, 1.54) is 41.7 Å². The van der Waals surface area contributed by atoms with Crippen LogP contribution in [0.4, 0.5) is 10.8 Å². The van der Waals surface area contributed by atoms with E-state index in [9.17, 15) is 18.3 Å². The Labute approximate surface area is 182 Å². The summed E-state index contributed by atoms with van der Waals surface area (Å²) in [4.78, 5) is 12.6. The topological polar surface area (TPSA) is 121 Å². The molecule has 158 valence electrons. The highest BCUT2D eigenvalue weighted by Gasteiger charge is 2.18. The zero-order valence-electron chi connectivity index (χ0n) is 16.4. The van der Waals surface area contributed by atoms with Crippen LogP contribution in [0.25, 0.3) is 10.8 Å². The molecule has 0 atom stereocenters. The molecule has 0 spiro atoms. The number of fused-ring (bicyclic) bond motifs is 1. The summed E-state index contributed by atoms with van der Waals surface area (Å²) < 4.78 is 27.5. The third kappa shape index (κ3) is 4.49. The van der Waals surface area contributed by atoms with Gasteiger partial charge in [0.05, 0.1) is 10.5 Å². The van der Waals surface area contributed by atoms with Gasteiger partial charge in [0.25, 0.3) is 15.9 Å². The maximum Gasteiger partial charge on any atom is 0.263 e. The summed E-state index contributed by atoms with van der Waals surface area (Å²) in [6, 6.07) is 16.2. The van der Waals surface area contributed by atoms with E-state index >= 15 is 0 Å². The Morgan fingerprint density at radius 3 is 2.35 bits per heavy atom. The minimum absolute atomic E-state index is 0.0206. The number of carbonyl (C=O) groups excluding carboxylic acids is 1. The third-order valence-electron chi connectivity index (χ3n) is 4.52. The summed E-state index contributed by atoms with van der Waals surface area (Å²) in [5.74, 6) is -0.638. The molecule has 0 saturated heterocycles. The largest absolute Gasteiger partial charge is 0.507 e. The van der Waals surface area contributed by atoms with Gasteiger partial charge in [0.2, 0.25) is 5.13 Å². The number of amides is 1.